The molecule has 0 atom stereocenters. The second-order valence-electron chi connectivity index (χ2n) is 6.15. The number of nitrogens with one attached hydrogen (secondary N) is 1. The van der Waals surface area contributed by atoms with Crippen molar-refractivity contribution in [3.63, 3.8) is 0 Å². The summed E-state index contributed by atoms with van der Waals surface area (Å²) in [5.74, 6) is -7.13. The average Bonchev–Trinajstić information content (AvgIpc) is 3.11. The molecule has 33 heavy (non-hydrogen) atoms. The summed E-state index contributed by atoms with van der Waals surface area (Å²) in [6.07, 6.45) is -5.31. The van der Waals surface area contributed by atoms with E-state index in [0.717, 1.165) is 16.9 Å². The maximum Gasteiger partial charge on any atom is 0.435 e. The highest BCUT2D eigenvalue weighted by atomic mass is 35.5. The second kappa shape index (κ2) is 8.55. The van der Waals surface area contributed by atoms with Crippen LogP contribution in [0.4, 0.5) is 26.3 Å². The van der Waals surface area contributed by atoms with Gasteiger partial charge in [-0.05, 0) is 12.1 Å². The van der Waals surface area contributed by atoms with E-state index in [2.05, 4.69) is 10.3 Å². The van der Waals surface area contributed by atoms with E-state index in [-0.39, 0.29) is 27.6 Å². The lowest BCUT2D eigenvalue weighted by molar-refractivity contribution is -0.143. The van der Waals surface area contributed by atoms with Gasteiger partial charge >= 0.3 is 6.18 Å². The van der Waals surface area contributed by atoms with Crippen LogP contribution in [-0.4, -0.2) is 36.4 Å². The quantitative estimate of drug-likeness (QED) is 0.523. The van der Waals surface area contributed by atoms with E-state index in [4.69, 9.17) is 16.3 Å². The number of sulfonamides is 1. The van der Waals surface area contributed by atoms with Crippen molar-refractivity contribution >= 4 is 27.5 Å². The lowest BCUT2D eigenvalue weighted by Gasteiger charge is -2.13. The number of carbonyl (C=O) groups excluding carboxylic acids is 1. The normalized spacial score (nSPS) is 12.0. The molecule has 8 nitrogen and oxygen atoms in total. The van der Waals surface area contributed by atoms with E-state index in [1.54, 1.807) is 0 Å². The van der Waals surface area contributed by atoms with Crippen molar-refractivity contribution in [2.75, 3.05) is 7.11 Å². The Kier molecular flexibility index (Phi) is 6.30. The number of hydrogen-bond donors (Lipinski definition) is 1. The summed E-state index contributed by atoms with van der Waals surface area (Å²) in [5, 5.41) is 5.97. The van der Waals surface area contributed by atoms with Crippen LogP contribution in [-0.2, 0) is 16.2 Å². The number of carbonyl (C=O) groups is 1. The summed E-state index contributed by atoms with van der Waals surface area (Å²) in [7, 11) is -4.15. The SMILES string of the molecule is COc1ccc(-n2nnc(C(=O)NS(=O)(=O)c3c(F)cc(F)cc3F)c2C(F)(F)F)c(Cl)c1. The second-order valence-corrected chi connectivity index (χ2v) is 8.17. The van der Waals surface area contributed by atoms with Crippen molar-refractivity contribution < 1.29 is 44.3 Å². The zero-order valence-corrected chi connectivity index (χ0v) is 17.5. The topological polar surface area (TPSA) is 103 Å². The molecule has 3 rings (SSSR count). The first-order valence-electron chi connectivity index (χ1n) is 8.34. The van der Waals surface area contributed by atoms with Gasteiger partial charge in [-0.3, -0.25) is 4.79 Å². The van der Waals surface area contributed by atoms with E-state index in [9.17, 15) is 39.6 Å². The van der Waals surface area contributed by atoms with Crippen LogP contribution < -0.4 is 9.46 Å². The number of hydrogen-bond acceptors (Lipinski definition) is 6. The Labute approximate surface area is 185 Å². The van der Waals surface area contributed by atoms with Gasteiger partial charge in [-0.1, -0.05) is 16.8 Å². The monoisotopic (exact) mass is 514 g/mol. The molecule has 0 aliphatic heterocycles. The minimum absolute atomic E-state index is 0.00518. The van der Waals surface area contributed by atoms with Crippen LogP contribution in [0.5, 0.6) is 5.75 Å². The van der Waals surface area contributed by atoms with Crippen molar-refractivity contribution in [3.05, 3.63) is 64.2 Å². The highest BCUT2D eigenvalue weighted by Crippen LogP contribution is 2.35. The Hall–Kier alpha value is -3.33. The van der Waals surface area contributed by atoms with Gasteiger partial charge < -0.3 is 4.74 Å². The predicted molar refractivity (Wildman–Crippen MR) is 98.9 cm³/mol. The van der Waals surface area contributed by atoms with Crippen LogP contribution in [0, 0.1) is 17.5 Å². The van der Waals surface area contributed by atoms with Gasteiger partial charge in [-0.2, -0.15) is 13.2 Å². The molecule has 0 bridgehead atoms. The standard InChI is InChI=1S/C17H9ClF6N4O4S/c1-32-8-2-3-12(9(18)6-8)28-15(17(22,23)24)13(25-27-28)16(29)26-33(30,31)14-10(20)4-7(19)5-11(14)21/h2-6H,1H3,(H,26,29). The van der Waals surface area contributed by atoms with Crippen molar-refractivity contribution in [2.24, 2.45) is 0 Å². The molecule has 1 aromatic heterocycles. The summed E-state index contributed by atoms with van der Waals surface area (Å²) in [5.41, 5.74) is -3.77. The Morgan fingerprint density at radius 3 is 2.24 bits per heavy atom. The molecule has 1 amide bonds. The number of aromatic nitrogens is 3. The van der Waals surface area contributed by atoms with Crippen LogP contribution in [0.2, 0.25) is 5.02 Å². The van der Waals surface area contributed by atoms with Gasteiger partial charge in [0.25, 0.3) is 15.9 Å². The Balaban J connectivity index is 2.08. The lowest BCUT2D eigenvalue weighted by Crippen LogP contribution is -2.33. The summed E-state index contributed by atoms with van der Waals surface area (Å²) < 4.78 is 112. The highest BCUT2D eigenvalue weighted by Gasteiger charge is 2.43. The molecule has 0 radical (unpaired) electrons. The van der Waals surface area contributed by atoms with Gasteiger partial charge in [0.15, 0.2) is 16.3 Å². The maximum absolute atomic E-state index is 13.8. The van der Waals surface area contributed by atoms with Crippen molar-refractivity contribution in [1.82, 2.24) is 19.7 Å². The van der Waals surface area contributed by atoms with E-state index < -0.39 is 61.5 Å². The van der Waals surface area contributed by atoms with Crippen LogP contribution in [0.15, 0.2) is 35.2 Å². The van der Waals surface area contributed by atoms with Gasteiger partial charge in [-0.25, -0.2) is 31.0 Å². The molecule has 1 N–H and O–H groups in total. The summed E-state index contributed by atoms with van der Waals surface area (Å²) in [6.45, 7) is 0. The fourth-order valence-electron chi connectivity index (χ4n) is 2.65. The van der Waals surface area contributed by atoms with Gasteiger partial charge in [0.2, 0.25) is 0 Å². The molecule has 176 valence electrons. The van der Waals surface area contributed by atoms with E-state index in [0.29, 0.717) is 0 Å². The number of amides is 1. The van der Waals surface area contributed by atoms with Crippen LogP contribution in [0.3, 0.4) is 0 Å². The molecule has 0 aliphatic carbocycles. The third-order valence-corrected chi connectivity index (χ3v) is 5.68. The number of halogens is 7. The van der Waals surface area contributed by atoms with Gasteiger partial charge in [-0.15, -0.1) is 5.10 Å². The van der Waals surface area contributed by atoms with Crippen LogP contribution >= 0.6 is 11.6 Å². The Morgan fingerprint density at radius 2 is 1.73 bits per heavy atom. The third kappa shape index (κ3) is 4.73. The Bertz CT molecular complexity index is 1340. The van der Waals surface area contributed by atoms with Crippen molar-refractivity contribution in [2.45, 2.75) is 11.1 Å². The molecule has 1 heterocycles. The summed E-state index contributed by atoms with van der Waals surface area (Å²) in [6, 6.07) is 3.44. The van der Waals surface area contributed by atoms with Crippen LogP contribution in [0.1, 0.15) is 16.2 Å². The average molecular weight is 515 g/mol. The van der Waals surface area contributed by atoms with Crippen molar-refractivity contribution in [1.29, 1.82) is 0 Å². The van der Waals surface area contributed by atoms with E-state index >= 15 is 0 Å². The van der Waals surface area contributed by atoms with E-state index in [1.807, 2.05) is 0 Å². The van der Waals surface area contributed by atoms with Crippen molar-refractivity contribution in [3.8, 4) is 11.4 Å². The molecule has 2 aromatic carbocycles. The first-order valence-corrected chi connectivity index (χ1v) is 10.2. The fourth-order valence-corrected chi connectivity index (χ4v) is 3.98. The summed E-state index contributed by atoms with van der Waals surface area (Å²) in [4.78, 5) is 10.6. The predicted octanol–water partition coefficient (Wildman–Crippen LogP) is 3.48. The molecular formula is C17H9ClF6N4O4S. The maximum atomic E-state index is 13.8. The summed E-state index contributed by atoms with van der Waals surface area (Å²) >= 11 is 5.94. The number of benzene rings is 2. The zero-order valence-electron chi connectivity index (χ0n) is 15.9. The van der Waals surface area contributed by atoms with E-state index in [1.165, 1.54) is 13.2 Å². The molecule has 0 aliphatic rings. The number of rotatable bonds is 5. The first kappa shape index (κ1) is 24.3. The number of methoxy groups -OCH3 is 1. The third-order valence-electron chi connectivity index (χ3n) is 4.00. The fraction of sp³-hybridized carbons (Fsp3) is 0.118. The minimum Gasteiger partial charge on any atom is -0.497 e. The highest BCUT2D eigenvalue weighted by molar-refractivity contribution is 7.90. The minimum atomic E-state index is -5.42. The van der Waals surface area contributed by atoms with Gasteiger partial charge in [0.1, 0.15) is 23.2 Å². The molecule has 0 saturated carbocycles. The lowest BCUT2D eigenvalue weighted by atomic mass is 10.2. The number of ether oxygens (including phenoxy) is 1. The van der Waals surface area contributed by atoms with Gasteiger partial charge in [0, 0.05) is 18.2 Å². The first-order chi connectivity index (χ1) is 15.3. The van der Waals surface area contributed by atoms with Crippen LogP contribution in [0.25, 0.3) is 5.69 Å². The smallest absolute Gasteiger partial charge is 0.435 e. The molecule has 0 fully saturated rings. The molecule has 0 unspecified atom stereocenters. The number of alkyl halides is 3. The molecule has 16 heteroatoms. The largest absolute Gasteiger partial charge is 0.497 e. The zero-order chi connectivity index (χ0) is 24.7. The molecule has 0 spiro atoms. The Morgan fingerprint density at radius 1 is 1.12 bits per heavy atom. The molecular weight excluding hydrogens is 506 g/mol. The molecule has 0 saturated heterocycles. The molecule has 3 aromatic rings. The van der Waals surface area contributed by atoms with Gasteiger partial charge in [0.05, 0.1) is 17.8 Å². The number of nitrogens with zero attached hydrogens (tertiary/aromatic N) is 3.